The lowest BCUT2D eigenvalue weighted by atomic mass is 10.0. The van der Waals surface area contributed by atoms with Gasteiger partial charge in [-0.25, -0.2) is 4.79 Å². The first-order valence-electron chi connectivity index (χ1n) is 6.15. The Balaban J connectivity index is 2.98. The number of hydrogen-bond acceptors (Lipinski definition) is 2. The minimum absolute atomic E-state index is 0.0654. The van der Waals surface area contributed by atoms with Gasteiger partial charge in [0, 0.05) is 12.2 Å². The molecule has 6 heteroatoms. The number of hydrogen-bond donors (Lipinski definition) is 2. The molecule has 5 nitrogen and oxygen atoms in total. The van der Waals surface area contributed by atoms with Crippen LogP contribution in [-0.4, -0.2) is 27.6 Å². The first-order valence-corrected chi connectivity index (χ1v) is 6.52. The van der Waals surface area contributed by atoms with Crippen LogP contribution >= 0.6 is 11.6 Å². The second-order valence-electron chi connectivity index (χ2n) is 5.08. The third-order valence-corrected chi connectivity index (χ3v) is 3.03. The van der Waals surface area contributed by atoms with E-state index in [9.17, 15) is 9.59 Å². The van der Waals surface area contributed by atoms with E-state index in [1.807, 2.05) is 13.8 Å². The summed E-state index contributed by atoms with van der Waals surface area (Å²) in [5, 5.41) is 12.1. The van der Waals surface area contributed by atoms with E-state index in [4.69, 9.17) is 16.7 Å². The lowest BCUT2D eigenvalue weighted by molar-refractivity contribution is -0.140. The monoisotopic (exact) mass is 286 g/mol. The Labute approximate surface area is 117 Å². The predicted molar refractivity (Wildman–Crippen MR) is 73.6 cm³/mol. The average molecular weight is 287 g/mol. The van der Waals surface area contributed by atoms with E-state index in [1.54, 1.807) is 24.6 Å². The van der Waals surface area contributed by atoms with Gasteiger partial charge in [0.05, 0.1) is 5.02 Å². The van der Waals surface area contributed by atoms with Crippen LogP contribution in [0.25, 0.3) is 0 Å². The molecule has 0 aliphatic heterocycles. The van der Waals surface area contributed by atoms with Crippen molar-refractivity contribution in [3.05, 3.63) is 23.0 Å². The standard InChI is InChI=1S/C13H19ClN2O3/c1-7(2)11(13(18)19)15-12(17)10-5-9(14)6-16(10)8(3)4/h5-8,11H,1-4H3,(H,15,17)(H,18,19). The molecule has 0 radical (unpaired) electrons. The Morgan fingerprint density at radius 2 is 1.89 bits per heavy atom. The minimum Gasteiger partial charge on any atom is -0.480 e. The topological polar surface area (TPSA) is 71.3 Å². The Morgan fingerprint density at radius 1 is 1.32 bits per heavy atom. The number of carbonyl (C=O) groups excluding carboxylic acids is 1. The van der Waals surface area contributed by atoms with Crippen molar-refractivity contribution in [3.63, 3.8) is 0 Å². The van der Waals surface area contributed by atoms with Crippen LogP contribution in [0.2, 0.25) is 5.02 Å². The molecule has 0 aromatic carbocycles. The largest absolute Gasteiger partial charge is 0.480 e. The van der Waals surface area contributed by atoms with E-state index in [1.165, 1.54) is 6.07 Å². The summed E-state index contributed by atoms with van der Waals surface area (Å²) in [5.41, 5.74) is 0.368. The van der Waals surface area contributed by atoms with Crippen molar-refractivity contribution < 1.29 is 14.7 Å². The van der Waals surface area contributed by atoms with Crippen molar-refractivity contribution in [2.24, 2.45) is 5.92 Å². The zero-order chi connectivity index (χ0) is 14.7. The molecule has 1 aromatic heterocycles. The van der Waals surface area contributed by atoms with Crippen molar-refractivity contribution in [3.8, 4) is 0 Å². The molecule has 0 bridgehead atoms. The Morgan fingerprint density at radius 3 is 2.32 bits per heavy atom. The first-order chi connectivity index (χ1) is 8.73. The van der Waals surface area contributed by atoms with Gasteiger partial charge in [-0.2, -0.15) is 0 Å². The fraction of sp³-hybridized carbons (Fsp3) is 0.538. The maximum atomic E-state index is 12.1. The molecule has 19 heavy (non-hydrogen) atoms. The molecule has 0 spiro atoms. The summed E-state index contributed by atoms with van der Waals surface area (Å²) in [6.45, 7) is 7.33. The van der Waals surface area contributed by atoms with Gasteiger partial charge in [-0.3, -0.25) is 4.79 Å². The van der Waals surface area contributed by atoms with Crippen LogP contribution in [0.15, 0.2) is 12.3 Å². The molecule has 1 atom stereocenters. The summed E-state index contributed by atoms with van der Waals surface area (Å²) >= 11 is 5.90. The molecule has 0 aliphatic carbocycles. The molecule has 0 fully saturated rings. The van der Waals surface area contributed by atoms with Crippen LogP contribution in [0.3, 0.4) is 0 Å². The van der Waals surface area contributed by atoms with E-state index >= 15 is 0 Å². The number of carboxylic acid groups (broad SMARTS) is 1. The Bertz CT molecular complexity index is 480. The maximum absolute atomic E-state index is 12.1. The van der Waals surface area contributed by atoms with Crippen LogP contribution in [0, 0.1) is 5.92 Å². The van der Waals surface area contributed by atoms with Crippen molar-refractivity contribution in [1.82, 2.24) is 9.88 Å². The number of amides is 1. The minimum atomic E-state index is -1.04. The zero-order valence-corrected chi connectivity index (χ0v) is 12.2. The average Bonchev–Trinajstić information content (AvgIpc) is 2.67. The first kappa shape index (κ1) is 15.6. The van der Waals surface area contributed by atoms with Crippen LogP contribution in [0.4, 0.5) is 0 Å². The van der Waals surface area contributed by atoms with E-state index in [0.29, 0.717) is 10.7 Å². The second kappa shape index (κ2) is 6.10. The second-order valence-corrected chi connectivity index (χ2v) is 5.51. The molecular weight excluding hydrogens is 268 g/mol. The molecule has 1 rings (SSSR count). The Hall–Kier alpha value is -1.49. The highest BCUT2D eigenvalue weighted by atomic mass is 35.5. The summed E-state index contributed by atoms with van der Waals surface area (Å²) in [6, 6.07) is 0.688. The predicted octanol–water partition coefficient (Wildman–Crippen LogP) is 2.56. The van der Waals surface area contributed by atoms with Crippen LogP contribution in [-0.2, 0) is 4.79 Å². The van der Waals surface area contributed by atoms with E-state index in [0.717, 1.165) is 0 Å². The number of aromatic nitrogens is 1. The van der Waals surface area contributed by atoms with Crippen molar-refractivity contribution >= 4 is 23.5 Å². The number of halogens is 1. The lowest BCUT2D eigenvalue weighted by Gasteiger charge is -2.19. The number of nitrogens with one attached hydrogen (secondary N) is 1. The van der Waals surface area contributed by atoms with Gasteiger partial charge >= 0.3 is 5.97 Å². The summed E-state index contributed by atoms with van der Waals surface area (Å²) in [5.74, 6) is -1.67. The highest BCUT2D eigenvalue weighted by Gasteiger charge is 2.25. The fourth-order valence-corrected chi connectivity index (χ4v) is 1.99. The molecule has 1 aromatic rings. The normalized spacial score (nSPS) is 12.8. The summed E-state index contributed by atoms with van der Waals surface area (Å²) < 4.78 is 1.72. The van der Waals surface area contributed by atoms with Crippen LogP contribution in [0.1, 0.15) is 44.2 Å². The number of carbonyl (C=O) groups is 2. The van der Waals surface area contributed by atoms with Crippen LogP contribution < -0.4 is 5.32 Å². The molecule has 0 saturated heterocycles. The number of nitrogens with zero attached hydrogens (tertiary/aromatic N) is 1. The van der Waals surface area contributed by atoms with Gasteiger partial charge in [-0.15, -0.1) is 0 Å². The van der Waals surface area contributed by atoms with Gasteiger partial charge in [0.1, 0.15) is 11.7 Å². The highest BCUT2D eigenvalue weighted by Crippen LogP contribution is 2.19. The highest BCUT2D eigenvalue weighted by molar-refractivity contribution is 6.31. The quantitative estimate of drug-likeness (QED) is 0.874. The van der Waals surface area contributed by atoms with E-state index < -0.39 is 17.9 Å². The van der Waals surface area contributed by atoms with Gasteiger partial charge in [-0.1, -0.05) is 25.4 Å². The molecule has 2 N–H and O–H groups in total. The molecule has 1 amide bonds. The number of rotatable bonds is 5. The third kappa shape index (κ3) is 3.73. The number of aliphatic carboxylic acids is 1. The summed E-state index contributed by atoms with van der Waals surface area (Å²) in [7, 11) is 0. The van der Waals surface area contributed by atoms with Crippen LogP contribution in [0.5, 0.6) is 0 Å². The summed E-state index contributed by atoms with van der Waals surface area (Å²) in [4.78, 5) is 23.2. The van der Waals surface area contributed by atoms with Gasteiger partial charge in [0.25, 0.3) is 5.91 Å². The van der Waals surface area contributed by atoms with E-state index in [-0.39, 0.29) is 12.0 Å². The Kier molecular flexibility index (Phi) is 5.00. The van der Waals surface area contributed by atoms with Crippen molar-refractivity contribution in [2.75, 3.05) is 0 Å². The van der Waals surface area contributed by atoms with Crippen molar-refractivity contribution in [1.29, 1.82) is 0 Å². The van der Waals surface area contributed by atoms with Gasteiger partial charge in [0.15, 0.2) is 0 Å². The lowest BCUT2D eigenvalue weighted by Crippen LogP contribution is -2.44. The third-order valence-electron chi connectivity index (χ3n) is 2.82. The maximum Gasteiger partial charge on any atom is 0.326 e. The molecule has 1 unspecified atom stereocenters. The summed E-state index contributed by atoms with van der Waals surface area (Å²) in [6.07, 6.45) is 1.66. The molecule has 106 valence electrons. The smallest absolute Gasteiger partial charge is 0.326 e. The van der Waals surface area contributed by atoms with Crippen molar-refractivity contribution in [2.45, 2.75) is 39.8 Å². The zero-order valence-electron chi connectivity index (χ0n) is 11.5. The van der Waals surface area contributed by atoms with Gasteiger partial charge in [-0.05, 0) is 25.8 Å². The molecule has 0 saturated carbocycles. The van der Waals surface area contributed by atoms with Gasteiger partial charge < -0.3 is 15.0 Å². The number of carboxylic acids is 1. The molecule has 1 heterocycles. The molecular formula is C13H19ClN2O3. The van der Waals surface area contributed by atoms with E-state index in [2.05, 4.69) is 5.32 Å². The molecule has 0 aliphatic rings. The SMILES string of the molecule is CC(C)C(NC(=O)c1cc(Cl)cn1C(C)C)C(=O)O. The fourth-order valence-electron chi connectivity index (χ4n) is 1.78. The van der Waals surface area contributed by atoms with Gasteiger partial charge in [0.2, 0.25) is 0 Å².